The molecule has 1 atom stereocenters. The van der Waals surface area contributed by atoms with Crippen molar-refractivity contribution in [2.45, 2.75) is 32.9 Å². The Kier molecular flexibility index (Phi) is 4.92. The molecular weight excluding hydrogens is 244 g/mol. The molecule has 19 heavy (non-hydrogen) atoms. The summed E-state index contributed by atoms with van der Waals surface area (Å²) in [7, 11) is 0. The molecule has 1 aromatic carbocycles. The van der Waals surface area contributed by atoms with E-state index in [0.29, 0.717) is 0 Å². The lowest BCUT2D eigenvalue weighted by Crippen LogP contribution is -2.58. The number of hydrogen-bond donors (Lipinski definition) is 2. The van der Waals surface area contributed by atoms with Gasteiger partial charge in [0.05, 0.1) is 0 Å². The number of alkyl carbamates (subject to hydrolysis) is 1. The lowest BCUT2D eigenvalue weighted by atomic mass is 9.88. The van der Waals surface area contributed by atoms with E-state index < -0.39 is 17.5 Å². The van der Waals surface area contributed by atoms with Crippen LogP contribution in [0.25, 0.3) is 0 Å². The van der Waals surface area contributed by atoms with Crippen molar-refractivity contribution in [2.24, 2.45) is 11.7 Å². The van der Waals surface area contributed by atoms with Crippen molar-refractivity contribution >= 4 is 12.0 Å². The fraction of sp³-hybridized carbons (Fsp3) is 0.429. The third kappa shape index (κ3) is 3.98. The SMILES string of the molecule is CC(C)C(C)(NC(=O)OCc1ccccc1)C(N)=O. The van der Waals surface area contributed by atoms with E-state index in [1.165, 1.54) is 0 Å². The van der Waals surface area contributed by atoms with Crippen molar-refractivity contribution in [1.29, 1.82) is 0 Å². The molecule has 5 heteroatoms. The predicted molar refractivity (Wildman–Crippen MR) is 72.2 cm³/mol. The Labute approximate surface area is 113 Å². The average Bonchev–Trinajstić information content (AvgIpc) is 2.37. The van der Waals surface area contributed by atoms with Crippen molar-refractivity contribution < 1.29 is 14.3 Å². The van der Waals surface area contributed by atoms with Gasteiger partial charge in [0, 0.05) is 0 Å². The third-order valence-electron chi connectivity index (χ3n) is 3.24. The number of benzene rings is 1. The minimum Gasteiger partial charge on any atom is -0.445 e. The van der Waals surface area contributed by atoms with Crippen LogP contribution >= 0.6 is 0 Å². The molecule has 0 saturated heterocycles. The lowest BCUT2D eigenvalue weighted by molar-refractivity contribution is -0.125. The highest BCUT2D eigenvalue weighted by Crippen LogP contribution is 2.16. The zero-order chi connectivity index (χ0) is 14.5. The summed E-state index contributed by atoms with van der Waals surface area (Å²) in [6.07, 6.45) is -0.654. The third-order valence-corrected chi connectivity index (χ3v) is 3.24. The molecule has 0 aromatic heterocycles. The smallest absolute Gasteiger partial charge is 0.408 e. The molecule has 1 unspecified atom stereocenters. The van der Waals surface area contributed by atoms with Gasteiger partial charge in [-0.2, -0.15) is 0 Å². The minimum absolute atomic E-state index is 0.130. The number of nitrogens with one attached hydrogen (secondary N) is 1. The van der Waals surface area contributed by atoms with Gasteiger partial charge in [-0.15, -0.1) is 0 Å². The number of nitrogens with two attached hydrogens (primary N) is 1. The van der Waals surface area contributed by atoms with Crippen LogP contribution in [-0.2, 0) is 16.1 Å². The molecule has 0 saturated carbocycles. The number of primary amides is 1. The largest absolute Gasteiger partial charge is 0.445 e. The molecule has 0 fully saturated rings. The van der Waals surface area contributed by atoms with Gasteiger partial charge < -0.3 is 15.8 Å². The molecule has 0 aliphatic carbocycles. The Morgan fingerprint density at radius 3 is 2.37 bits per heavy atom. The van der Waals surface area contributed by atoms with Crippen LogP contribution in [0.15, 0.2) is 30.3 Å². The summed E-state index contributed by atoms with van der Waals surface area (Å²) in [6, 6.07) is 9.30. The normalized spacial score (nSPS) is 13.7. The van der Waals surface area contributed by atoms with E-state index in [-0.39, 0.29) is 12.5 Å². The molecule has 104 valence electrons. The molecule has 0 spiro atoms. The van der Waals surface area contributed by atoms with Gasteiger partial charge in [-0.3, -0.25) is 4.79 Å². The van der Waals surface area contributed by atoms with E-state index in [1.54, 1.807) is 6.92 Å². The summed E-state index contributed by atoms with van der Waals surface area (Å²) in [5.41, 5.74) is 5.08. The Hall–Kier alpha value is -2.04. The van der Waals surface area contributed by atoms with Crippen molar-refractivity contribution in [2.75, 3.05) is 0 Å². The van der Waals surface area contributed by atoms with Crippen LogP contribution in [0.4, 0.5) is 4.79 Å². The highest BCUT2D eigenvalue weighted by atomic mass is 16.5. The summed E-state index contributed by atoms with van der Waals surface area (Å²) < 4.78 is 5.07. The quantitative estimate of drug-likeness (QED) is 0.851. The zero-order valence-corrected chi connectivity index (χ0v) is 11.5. The van der Waals surface area contributed by atoms with Gasteiger partial charge in [0.1, 0.15) is 12.1 Å². The number of rotatable bonds is 5. The first-order valence-corrected chi connectivity index (χ1v) is 6.15. The maximum Gasteiger partial charge on any atom is 0.408 e. The Bertz CT molecular complexity index is 445. The molecule has 1 rings (SSSR count). The fourth-order valence-electron chi connectivity index (χ4n) is 1.46. The van der Waals surface area contributed by atoms with Gasteiger partial charge in [-0.1, -0.05) is 44.2 Å². The first-order valence-electron chi connectivity index (χ1n) is 6.15. The Morgan fingerprint density at radius 1 is 1.32 bits per heavy atom. The van der Waals surface area contributed by atoms with Crippen LogP contribution in [0.3, 0.4) is 0 Å². The number of hydrogen-bond acceptors (Lipinski definition) is 3. The molecule has 3 N–H and O–H groups in total. The Balaban J connectivity index is 2.57. The van der Waals surface area contributed by atoms with Crippen molar-refractivity contribution in [3.63, 3.8) is 0 Å². The highest BCUT2D eigenvalue weighted by molar-refractivity contribution is 5.88. The molecule has 5 nitrogen and oxygen atoms in total. The maximum atomic E-state index is 11.7. The van der Waals surface area contributed by atoms with Crippen LogP contribution < -0.4 is 11.1 Å². The van der Waals surface area contributed by atoms with Gasteiger partial charge in [-0.25, -0.2) is 4.79 Å². The van der Waals surface area contributed by atoms with Crippen molar-refractivity contribution in [3.8, 4) is 0 Å². The summed E-state index contributed by atoms with van der Waals surface area (Å²) >= 11 is 0. The minimum atomic E-state index is -1.12. The van der Waals surface area contributed by atoms with E-state index in [0.717, 1.165) is 5.56 Å². The average molecular weight is 264 g/mol. The number of carbonyl (C=O) groups is 2. The molecule has 0 aliphatic rings. The van der Waals surface area contributed by atoms with Crippen LogP contribution in [-0.4, -0.2) is 17.5 Å². The molecule has 0 heterocycles. The van der Waals surface area contributed by atoms with Crippen LogP contribution in [0.2, 0.25) is 0 Å². The van der Waals surface area contributed by atoms with Gasteiger partial charge in [0.25, 0.3) is 0 Å². The number of carbonyl (C=O) groups excluding carboxylic acids is 2. The second kappa shape index (κ2) is 6.22. The maximum absolute atomic E-state index is 11.7. The second-order valence-electron chi connectivity index (χ2n) is 4.91. The monoisotopic (exact) mass is 264 g/mol. The zero-order valence-electron chi connectivity index (χ0n) is 11.5. The van der Waals surface area contributed by atoms with E-state index >= 15 is 0 Å². The molecular formula is C14H20N2O3. The number of amides is 2. The van der Waals surface area contributed by atoms with E-state index in [1.807, 2.05) is 44.2 Å². The van der Waals surface area contributed by atoms with Gasteiger partial charge in [0.2, 0.25) is 5.91 Å². The molecule has 1 aromatic rings. The standard InChI is InChI=1S/C14H20N2O3/c1-10(2)14(3,12(15)17)16-13(18)19-9-11-7-5-4-6-8-11/h4-8,10H,9H2,1-3H3,(H2,15,17)(H,16,18). The summed E-state index contributed by atoms with van der Waals surface area (Å²) in [5.74, 6) is -0.714. The van der Waals surface area contributed by atoms with Crippen molar-refractivity contribution in [3.05, 3.63) is 35.9 Å². The van der Waals surface area contributed by atoms with Gasteiger partial charge in [-0.05, 0) is 18.4 Å². The van der Waals surface area contributed by atoms with Crippen LogP contribution in [0.5, 0.6) is 0 Å². The summed E-state index contributed by atoms with van der Waals surface area (Å²) in [4.78, 5) is 23.1. The van der Waals surface area contributed by atoms with Gasteiger partial charge in [0.15, 0.2) is 0 Å². The first kappa shape index (κ1) is 15.0. The highest BCUT2D eigenvalue weighted by Gasteiger charge is 2.36. The topological polar surface area (TPSA) is 81.4 Å². The van der Waals surface area contributed by atoms with Gasteiger partial charge >= 0.3 is 6.09 Å². The molecule has 0 bridgehead atoms. The van der Waals surface area contributed by atoms with E-state index in [2.05, 4.69) is 5.32 Å². The first-order chi connectivity index (χ1) is 8.86. The van der Waals surface area contributed by atoms with Crippen molar-refractivity contribution in [1.82, 2.24) is 5.32 Å². The predicted octanol–water partition coefficient (Wildman–Crippen LogP) is 1.81. The summed E-state index contributed by atoms with van der Waals surface area (Å²) in [5, 5.41) is 2.53. The molecule has 2 amide bonds. The van der Waals surface area contributed by atoms with E-state index in [4.69, 9.17) is 10.5 Å². The van der Waals surface area contributed by atoms with Crippen LogP contribution in [0.1, 0.15) is 26.3 Å². The second-order valence-corrected chi connectivity index (χ2v) is 4.91. The van der Waals surface area contributed by atoms with E-state index in [9.17, 15) is 9.59 Å². The fourth-order valence-corrected chi connectivity index (χ4v) is 1.46. The lowest BCUT2D eigenvalue weighted by Gasteiger charge is -2.30. The Morgan fingerprint density at radius 2 is 1.89 bits per heavy atom. The summed E-state index contributed by atoms with van der Waals surface area (Å²) in [6.45, 7) is 5.36. The molecule has 0 radical (unpaired) electrons. The van der Waals surface area contributed by atoms with Crippen LogP contribution in [0, 0.1) is 5.92 Å². The molecule has 0 aliphatic heterocycles. The number of ether oxygens (including phenoxy) is 1.